The molecule has 0 saturated heterocycles. The van der Waals surface area contributed by atoms with Gasteiger partial charge < -0.3 is 9.80 Å². The third-order valence-electron chi connectivity index (χ3n) is 5.22. The molecule has 0 radical (unpaired) electrons. The molecule has 0 heterocycles. The van der Waals surface area contributed by atoms with E-state index in [0.29, 0.717) is 0 Å². The fourth-order valence-corrected chi connectivity index (χ4v) is 3.67. The van der Waals surface area contributed by atoms with Gasteiger partial charge in [0.1, 0.15) is 0 Å². The van der Waals surface area contributed by atoms with E-state index < -0.39 is 0 Å². The number of likely N-dealkylation sites (N-methyl/N-ethyl adjacent to an activating group) is 2. The fraction of sp³-hybridized carbons (Fsp3) is 0.222. The highest BCUT2D eigenvalue weighted by Crippen LogP contribution is 2.33. The number of allylic oxidation sites excluding steroid dienone is 4. The van der Waals surface area contributed by atoms with Crippen molar-refractivity contribution in [3.05, 3.63) is 106 Å². The minimum atomic E-state index is 0.151. The lowest BCUT2D eigenvalue weighted by Gasteiger charge is -2.18. The molecule has 0 amide bonds. The van der Waals surface area contributed by atoms with Crippen LogP contribution in [0.2, 0.25) is 0 Å². The van der Waals surface area contributed by atoms with Crippen LogP contribution in [0.1, 0.15) is 24.0 Å². The number of rotatable bonds is 6. The first kappa shape index (κ1) is 21.4. The van der Waals surface area contributed by atoms with Crippen molar-refractivity contribution in [2.45, 2.75) is 12.8 Å². The van der Waals surface area contributed by atoms with E-state index in [0.717, 1.165) is 46.5 Å². The molecule has 0 spiro atoms. The van der Waals surface area contributed by atoms with Crippen LogP contribution < -0.4 is 0 Å². The molecule has 0 bridgehead atoms. The van der Waals surface area contributed by atoms with Gasteiger partial charge in [-0.15, -0.1) is 0 Å². The maximum absolute atomic E-state index is 13.4. The van der Waals surface area contributed by atoms with E-state index >= 15 is 0 Å². The lowest BCUT2D eigenvalue weighted by atomic mass is 10.1. The number of hydrogen-bond donors (Lipinski definition) is 0. The minimum Gasteiger partial charge on any atom is -0.377 e. The lowest BCUT2D eigenvalue weighted by molar-refractivity contribution is -0.111. The molecule has 1 aliphatic carbocycles. The molecular formula is C27H30N2O. The second kappa shape index (κ2) is 9.93. The van der Waals surface area contributed by atoms with Gasteiger partial charge in [-0.05, 0) is 36.1 Å². The Morgan fingerprint density at radius 1 is 0.667 bits per heavy atom. The molecule has 0 aromatic heterocycles. The highest BCUT2D eigenvalue weighted by atomic mass is 16.1. The van der Waals surface area contributed by atoms with Gasteiger partial charge in [0.15, 0.2) is 5.78 Å². The van der Waals surface area contributed by atoms with Gasteiger partial charge in [-0.2, -0.15) is 0 Å². The Balaban J connectivity index is 1.95. The number of carbonyl (C=O) groups excluding carboxylic acids is 1. The SMILES string of the molecule is CN(C)C(C=Cc1ccccc1)=C1CCC(=C(C=Cc2ccccc2)N(C)C)C1=O. The number of nitrogens with zero attached hydrogens (tertiary/aromatic N) is 2. The van der Waals surface area contributed by atoms with Crippen molar-refractivity contribution in [2.75, 3.05) is 28.2 Å². The van der Waals surface area contributed by atoms with Gasteiger partial charge >= 0.3 is 0 Å². The lowest BCUT2D eigenvalue weighted by Crippen LogP contribution is -2.16. The molecule has 1 aliphatic rings. The predicted octanol–water partition coefficient (Wildman–Crippen LogP) is 5.41. The minimum absolute atomic E-state index is 0.151. The van der Waals surface area contributed by atoms with Crippen molar-refractivity contribution in [3.8, 4) is 0 Å². The van der Waals surface area contributed by atoms with Crippen molar-refractivity contribution in [2.24, 2.45) is 0 Å². The Morgan fingerprint density at radius 3 is 1.37 bits per heavy atom. The normalized spacial score (nSPS) is 17.7. The van der Waals surface area contributed by atoms with Gasteiger partial charge in [-0.3, -0.25) is 4.79 Å². The van der Waals surface area contributed by atoms with Crippen LogP contribution in [-0.2, 0) is 4.79 Å². The van der Waals surface area contributed by atoms with Crippen LogP contribution in [0.5, 0.6) is 0 Å². The molecule has 1 saturated carbocycles. The van der Waals surface area contributed by atoms with E-state index in [1.54, 1.807) is 0 Å². The van der Waals surface area contributed by atoms with Crippen LogP contribution in [0.3, 0.4) is 0 Å². The largest absolute Gasteiger partial charge is 0.377 e. The first-order chi connectivity index (χ1) is 14.5. The molecule has 3 nitrogen and oxygen atoms in total. The van der Waals surface area contributed by atoms with Crippen LogP contribution in [0.4, 0.5) is 0 Å². The molecule has 1 fully saturated rings. The van der Waals surface area contributed by atoms with Crippen LogP contribution in [0, 0.1) is 0 Å². The quantitative estimate of drug-likeness (QED) is 0.608. The Hall–Kier alpha value is -3.33. The summed E-state index contributed by atoms with van der Waals surface area (Å²) < 4.78 is 0. The molecule has 0 atom stereocenters. The monoisotopic (exact) mass is 398 g/mol. The number of hydrogen-bond acceptors (Lipinski definition) is 3. The molecule has 0 N–H and O–H groups in total. The summed E-state index contributed by atoms with van der Waals surface area (Å²) in [5.41, 5.74) is 5.97. The second-order valence-electron chi connectivity index (χ2n) is 7.83. The maximum Gasteiger partial charge on any atom is 0.189 e. The zero-order valence-electron chi connectivity index (χ0n) is 18.3. The number of Topliss-reactive ketones (excluding diaryl/α,β-unsaturated/α-hetero) is 1. The first-order valence-corrected chi connectivity index (χ1v) is 10.3. The molecule has 0 aliphatic heterocycles. The molecule has 3 rings (SSSR count). The van der Waals surface area contributed by atoms with Gasteiger partial charge in [0, 0.05) is 50.7 Å². The molecular weight excluding hydrogens is 368 g/mol. The van der Waals surface area contributed by atoms with E-state index in [4.69, 9.17) is 0 Å². The van der Waals surface area contributed by atoms with Crippen LogP contribution >= 0.6 is 0 Å². The van der Waals surface area contributed by atoms with Crippen molar-refractivity contribution in [1.29, 1.82) is 0 Å². The summed E-state index contributed by atoms with van der Waals surface area (Å²) in [5, 5.41) is 0. The van der Waals surface area contributed by atoms with Crippen molar-refractivity contribution < 1.29 is 4.79 Å². The van der Waals surface area contributed by atoms with Crippen molar-refractivity contribution in [1.82, 2.24) is 9.80 Å². The van der Waals surface area contributed by atoms with Gasteiger partial charge in [-0.1, -0.05) is 72.8 Å². The van der Waals surface area contributed by atoms with E-state index in [2.05, 4.69) is 48.6 Å². The smallest absolute Gasteiger partial charge is 0.189 e. The number of benzene rings is 2. The fourth-order valence-electron chi connectivity index (χ4n) is 3.67. The summed E-state index contributed by atoms with van der Waals surface area (Å²) in [5.74, 6) is 0.151. The first-order valence-electron chi connectivity index (χ1n) is 10.3. The van der Waals surface area contributed by atoms with E-state index in [1.807, 2.05) is 74.4 Å². The summed E-state index contributed by atoms with van der Waals surface area (Å²) >= 11 is 0. The average molecular weight is 399 g/mol. The predicted molar refractivity (Wildman–Crippen MR) is 127 cm³/mol. The van der Waals surface area contributed by atoms with Gasteiger partial charge in [0.2, 0.25) is 0 Å². The standard InChI is InChI=1S/C27H30N2O/c1-28(2)25(19-15-21-11-7-5-8-12-21)23-17-18-24(27(23)30)26(29(3)4)20-16-22-13-9-6-10-14-22/h5-16,19-20H,17-18H2,1-4H3. The zero-order valence-corrected chi connectivity index (χ0v) is 18.3. The van der Waals surface area contributed by atoms with Gasteiger partial charge in [0.05, 0.1) is 0 Å². The number of carbonyl (C=O) groups is 1. The Kier molecular flexibility index (Phi) is 7.08. The summed E-state index contributed by atoms with van der Waals surface area (Å²) in [4.78, 5) is 17.4. The third kappa shape index (κ3) is 5.18. The summed E-state index contributed by atoms with van der Waals surface area (Å²) in [6.45, 7) is 0. The Bertz CT molecular complexity index is 912. The van der Waals surface area contributed by atoms with Crippen molar-refractivity contribution in [3.63, 3.8) is 0 Å². The number of ketones is 1. The summed E-state index contributed by atoms with van der Waals surface area (Å²) in [6, 6.07) is 20.3. The molecule has 2 aromatic rings. The Labute approximate surface area is 180 Å². The summed E-state index contributed by atoms with van der Waals surface area (Å²) in [7, 11) is 7.98. The van der Waals surface area contributed by atoms with E-state index in [9.17, 15) is 4.79 Å². The molecule has 2 aromatic carbocycles. The molecule has 154 valence electrons. The topological polar surface area (TPSA) is 23.6 Å². The molecule has 3 heteroatoms. The Morgan fingerprint density at radius 2 is 1.03 bits per heavy atom. The van der Waals surface area contributed by atoms with E-state index in [-0.39, 0.29) is 5.78 Å². The van der Waals surface area contributed by atoms with Crippen LogP contribution in [0.25, 0.3) is 12.2 Å². The average Bonchev–Trinajstić information content (AvgIpc) is 3.10. The van der Waals surface area contributed by atoms with Gasteiger partial charge in [0.25, 0.3) is 0 Å². The molecule has 0 unspecified atom stereocenters. The van der Waals surface area contributed by atoms with Crippen LogP contribution in [-0.4, -0.2) is 43.8 Å². The highest BCUT2D eigenvalue weighted by Gasteiger charge is 2.29. The molecule has 30 heavy (non-hydrogen) atoms. The van der Waals surface area contributed by atoms with E-state index in [1.165, 1.54) is 0 Å². The van der Waals surface area contributed by atoms with Gasteiger partial charge in [-0.25, -0.2) is 0 Å². The second-order valence-corrected chi connectivity index (χ2v) is 7.83. The zero-order chi connectivity index (χ0) is 21.5. The van der Waals surface area contributed by atoms with Crippen LogP contribution in [0.15, 0.2) is 95.4 Å². The highest BCUT2D eigenvalue weighted by molar-refractivity contribution is 6.12. The summed E-state index contributed by atoms with van der Waals surface area (Å²) in [6.07, 6.45) is 9.77. The van der Waals surface area contributed by atoms with Crippen molar-refractivity contribution >= 4 is 17.9 Å². The maximum atomic E-state index is 13.4. The third-order valence-corrected chi connectivity index (χ3v) is 5.22.